The van der Waals surface area contributed by atoms with E-state index in [9.17, 15) is 4.79 Å². The fraction of sp³-hybridized carbons (Fsp3) is 0.385. The molecule has 0 aliphatic heterocycles. The molecule has 0 fully saturated rings. The van der Waals surface area contributed by atoms with E-state index in [0.29, 0.717) is 15.4 Å². The highest BCUT2D eigenvalue weighted by atomic mass is 32.1. The smallest absolute Gasteiger partial charge is 0.330 e. The molecule has 0 aliphatic carbocycles. The summed E-state index contributed by atoms with van der Waals surface area (Å²) >= 11 is 1.24. The van der Waals surface area contributed by atoms with Crippen molar-refractivity contribution in [3.63, 3.8) is 0 Å². The molecule has 19 heavy (non-hydrogen) atoms. The van der Waals surface area contributed by atoms with Crippen molar-refractivity contribution in [3.8, 4) is 6.07 Å². The van der Waals surface area contributed by atoms with Crippen LogP contribution in [-0.4, -0.2) is 21.5 Å². The van der Waals surface area contributed by atoms with Gasteiger partial charge in [0, 0.05) is 6.20 Å². The Morgan fingerprint density at radius 3 is 2.84 bits per heavy atom. The number of fused-ring (bicyclic) bond motifs is 1. The van der Waals surface area contributed by atoms with Crippen molar-refractivity contribution in [1.82, 2.24) is 9.97 Å². The third-order valence-corrected chi connectivity index (χ3v) is 3.25. The number of rotatable bonds is 2. The fourth-order valence-corrected chi connectivity index (χ4v) is 2.42. The lowest BCUT2D eigenvalue weighted by Gasteiger charge is -2.20. The number of hydrogen-bond donors (Lipinski definition) is 0. The van der Waals surface area contributed by atoms with E-state index in [-0.39, 0.29) is 0 Å². The zero-order valence-electron chi connectivity index (χ0n) is 10.9. The van der Waals surface area contributed by atoms with Crippen LogP contribution in [0.1, 0.15) is 31.7 Å². The monoisotopic (exact) mass is 275 g/mol. The highest BCUT2D eigenvalue weighted by Crippen LogP contribution is 2.27. The van der Waals surface area contributed by atoms with Crippen LogP contribution < -0.4 is 0 Å². The highest BCUT2D eigenvalue weighted by Gasteiger charge is 2.29. The molecule has 6 heteroatoms. The number of nitriles is 1. The number of aromatic nitrogens is 2. The molecule has 2 aromatic rings. The summed E-state index contributed by atoms with van der Waals surface area (Å²) in [7, 11) is 0. The SMILES string of the molecule is CC(C)(C)OC(=O)[C@@H](C#N)c1nc2cccnc2s1. The summed E-state index contributed by atoms with van der Waals surface area (Å²) in [5.41, 5.74) is 0.0625. The fourth-order valence-electron chi connectivity index (χ4n) is 1.48. The summed E-state index contributed by atoms with van der Waals surface area (Å²) in [5.74, 6) is -1.58. The van der Waals surface area contributed by atoms with Gasteiger partial charge in [0.15, 0.2) is 5.92 Å². The van der Waals surface area contributed by atoms with Crippen LogP contribution in [-0.2, 0) is 9.53 Å². The van der Waals surface area contributed by atoms with Crippen molar-refractivity contribution < 1.29 is 9.53 Å². The summed E-state index contributed by atoms with van der Waals surface area (Å²) in [6, 6.07) is 5.51. The number of esters is 1. The molecule has 2 rings (SSSR count). The first-order valence-electron chi connectivity index (χ1n) is 5.74. The van der Waals surface area contributed by atoms with E-state index in [4.69, 9.17) is 10.00 Å². The molecule has 2 aromatic heterocycles. The van der Waals surface area contributed by atoms with Gasteiger partial charge in [-0.1, -0.05) is 11.3 Å². The molecule has 98 valence electrons. The molecule has 0 spiro atoms. The van der Waals surface area contributed by atoms with Gasteiger partial charge in [0.05, 0.1) is 6.07 Å². The van der Waals surface area contributed by atoms with Gasteiger partial charge in [0.2, 0.25) is 0 Å². The van der Waals surface area contributed by atoms with Crippen molar-refractivity contribution in [2.75, 3.05) is 0 Å². The van der Waals surface area contributed by atoms with Crippen LogP contribution in [0.5, 0.6) is 0 Å². The maximum absolute atomic E-state index is 12.0. The van der Waals surface area contributed by atoms with Crippen LogP contribution >= 0.6 is 11.3 Å². The number of carbonyl (C=O) groups is 1. The highest BCUT2D eigenvalue weighted by molar-refractivity contribution is 7.18. The number of ether oxygens (including phenoxy) is 1. The van der Waals surface area contributed by atoms with Crippen LogP contribution in [0.4, 0.5) is 0 Å². The van der Waals surface area contributed by atoms with Gasteiger partial charge in [-0.2, -0.15) is 5.26 Å². The number of carbonyl (C=O) groups excluding carboxylic acids is 1. The molecule has 0 N–H and O–H groups in total. The van der Waals surface area contributed by atoms with Crippen molar-refractivity contribution in [2.24, 2.45) is 0 Å². The van der Waals surface area contributed by atoms with Gasteiger partial charge in [0.1, 0.15) is 21.0 Å². The molecule has 0 radical (unpaired) electrons. The molecule has 0 saturated carbocycles. The molecular formula is C13H13N3O2S. The average Bonchev–Trinajstić information content (AvgIpc) is 2.70. The minimum Gasteiger partial charge on any atom is -0.459 e. The first kappa shape index (κ1) is 13.4. The standard InChI is InChI=1S/C13H13N3O2S/c1-13(2,3)18-12(17)8(7-14)10-16-9-5-4-6-15-11(9)19-10/h4-6,8H,1-3H3/t8-/m0/s1. The van der Waals surface area contributed by atoms with Gasteiger partial charge in [-0.15, -0.1) is 0 Å². The minimum atomic E-state index is -1.00. The van der Waals surface area contributed by atoms with Gasteiger partial charge < -0.3 is 4.74 Å². The molecule has 0 amide bonds. The zero-order valence-corrected chi connectivity index (χ0v) is 11.7. The zero-order chi connectivity index (χ0) is 14.0. The molecule has 0 saturated heterocycles. The lowest BCUT2D eigenvalue weighted by atomic mass is 10.1. The van der Waals surface area contributed by atoms with E-state index in [0.717, 1.165) is 0 Å². The third-order valence-electron chi connectivity index (χ3n) is 2.20. The number of thiazole rings is 1. The van der Waals surface area contributed by atoms with Gasteiger partial charge in [-0.3, -0.25) is 4.79 Å². The molecule has 0 bridgehead atoms. The lowest BCUT2D eigenvalue weighted by Crippen LogP contribution is -2.27. The molecule has 0 aromatic carbocycles. The lowest BCUT2D eigenvalue weighted by molar-refractivity contribution is -0.155. The van der Waals surface area contributed by atoms with E-state index in [1.807, 2.05) is 6.07 Å². The van der Waals surface area contributed by atoms with Crippen LogP contribution in [0, 0.1) is 11.3 Å². The Labute approximate surface area is 114 Å². The number of nitrogens with zero attached hydrogens (tertiary/aromatic N) is 3. The Hall–Kier alpha value is -2.00. The van der Waals surface area contributed by atoms with Gasteiger partial charge in [-0.25, -0.2) is 9.97 Å². The molecule has 2 heterocycles. The molecule has 0 aliphatic rings. The molecule has 0 unspecified atom stereocenters. The van der Waals surface area contributed by atoms with Gasteiger partial charge >= 0.3 is 5.97 Å². The molecular weight excluding hydrogens is 262 g/mol. The quantitative estimate of drug-likeness (QED) is 0.787. The normalized spacial score (nSPS) is 12.9. The van der Waals surface area contributed by atoms with Crippen LogP contribution in [0.25, 0.3) is 10.3 Å². The topological polar surface area (TPSA) is 75.9 Å². The Morgan fingerprint density at radius 1 is 1.53 bits per heavy atom. The Bertz CT molecular complexity index is 619. The second kappa shape index (κ2) is 4.94. The van der Waals surface area contributed by atoms with Gasteiger partial charge in [0.25, 0.3) is 0 Å². The van der Waals surface area contributed by atoms with Crippen molar-refractivity contribution in [3.05, 3.63) is 23.3 Å². The van der Waals surface area contributed by atoms with E-state index >= 15 is 0 Å². The largest absolute Gasteiger partial charge is 0.459 e. The second-order valence-corrected chi connectivity index (χ2v) is 5.98. The van der Waals surface area contributed by atoms with E-state index in [1.165, 1.54) is 11.3 Å². The van der Waals surface area contributed by atoms with Crippen LogP contribution in [0.3, 0.4) is 0 Å². The number of hydrogen-bond acceptors (Lipinski definition) is 6. The van der Waals surface area contributed by atoms with E-state index < -0.39 is 17.5 Å². The van der Waals surface area contributed by atoms with E-state index in [1.54, 1.807) is 39.1 Å². The third kappa shape index (κ3) is 3.06. The van der Waals surface area contributed by atoms with Crippen molar-refractivity contribution in [1.29, 1.82) is 5.26 Å². The van der Waals surface area contributed by atoms with Crippen LogP contribution in [0.2, 0.25) is 0 Å². The Balaban J connectivity index is 2.32. The molecule has 1 atom stereocenters. The Morgan fingerprint density at radius 2 is 2.26 bits per heavy atom. The van der Waals surface area contributed by atoms with Gasteiger partial charge in [-0.05, 0) is 32.9 Å². The summed E-state index contributed by atoms with van der Waals surface area (Å²) in [5, 5.41) is 9.59. The first-order valence-corrected chi connectivity index (χ1v) is 6.56. The van der Waals surface area contributed by atoms with Crippen LogP contribution in [0.15, 0.2) is 18.3 Å². The Kier molecular flexibility index (Phi) is 3.49. The summed E-state index contributed by atoms with van der Waals surface area (Å²) < 4.78 is 5.23. The summed E-state index contributed by atoms with van der Waals surface area (Å²) in [6.07, 6.45) is 1.65. The maximum Gasteiger partial charge on any atom is 0.330 e. The predicted molar refractivity (Wildman–Crippen MR) is 71.6 cm³/mol. The predicted octanol–water partition coefficient (Wildman–Crippen LogP) is 2.64. The number of pyridine rings is 1. The second-order valence-electron chi connectivity index (χ2n) is 4.98. The maximum atomic E-state index is 12.0. The van der Waals surface area contributed by atoms with E-state index in [2.05, 4.69) is 9.97 Å². The van der Waals surface area contributed by atoms with Crippen molar-refractivity contribution in [2.45, 2.75) is 32.3 Å². The minimum absolute atomic E-state index is 0.422. The average molecular weight is 275 g/mol. The molecule has 5 nitrogen and oxygen atoms in total. The summed E-state index contributed by atoms with van der Waals surface area (Å²) in [4.78, 5) is 21.1. The first-order chi connectivity index (χ1) is 8.90. The summed E-state index contributed by atoms with van der Waals surface area (Å²) in [6.45, 7) is 5.29. The van der Waals surface area contributed by atoms with Crippen molar-refractivity contribution >= 4 is 27.7 Å².